The molecule has 0 aliphatic carbocycles. The number of likely N-dealkylation sites (N-methyl/N-ethyl adjacent to an activating group) is 1. The van der Waals surface area contributed by atoms with Crippen LogP contribution in [0.2, 0.25) is 0 Å². The predicted molar refractivity (Wildman–Crippen MR) is 93.7 cm³/mol. The van der Waals surface area contributed by atoms with E-state index in [9.17, 15) is 0 Å². The summed E-state index contributed by atoms with van der Waals surface area (Å²) in [4.78, 5) is 6.46. The maximum atomic E-state index is 5.49. The molecule has 0 aliphatic rings. The number of unbranched alkanes of at least 4 members (excludes halogenated alkanes) is 1. The molecule has 0 aromatic heterocycles. The third kappa shape index (κ3) is 5.56. The highest BCUT2D eigenvalue weighted by Crippen LogP contribution is 2.27. The van der Waals surface area contributed by atoms with Gasteiger partial charge in [0.25, 0.3) is 0 Å². The fraction of sp³-hybridized carbons (Fsp3) is 0.588. The molecule has 1 rings (SSSR count). The number of aliphatic imine (C=N–C) groups is 1. The van der Waals surface area contributed by atoms with Crippen LogP contribution in [0.1, 0.15) is 31.4 Å². The molecule has 5 nitrogen and oxygen atoms in total. The summed E-state index contributed by atoms with van der Waals surface area (Å²) in [6.45, 7) is 3.89. The van der Waals surface area contributed by atoms with Crippen LogP contribution >= 0.6 is 0 Å². The topological polar surface area (TPSA) is 48.9 Å². The fourth-order valence-electron chi connectivity index (χ4n) is 2.31. The van der Waals surface area contributed by atoms with Crippen molar-refractivity contribution in [3.8, 4) is 5.75 Å². The number of benzene rings is 1. The van der Waals surface area contributed by atoms with Gasteiger partial charge in [0, 0.05) is 25.7 Å². The summed E-state index contributed by atoms with van der Waals surface area (Å²) in [5, 5.41) is 6.74. The molecule has 0 bridgehead atoms. The van der Waals surface area contributed by atoms with Gasteiger partial charge in [0.05, 0.1) is 13.2 Å². The maximum absolute atomic E-state index is 5.49. The minimum absolute atomic E-state index is 0.209. The molecular weight excluding hydrogens is 276 g/mol. The molecule has 0 heterocycles. The van der Waals surface area contributed by atoms with Gasteiger partial charge in [-0.1, -0.05) is 31.5 Å². The van der Waals surface area contributed by atoms with Crippen LogP contribution in [0.4, 0.5) is 0 Å². The molecule has 0 aliphatic heterocycles. The first-order valence-corrected chi connectivity index (χ1v) is 7.87. The van der Waals surface area contributed by atoms with Crippen LogP contribution in [0.15, 0.2) is 29.3 Å². The van der Waals surface area contributed by atoms with Crippen LogP contribution in [0.5, 0.6) is 5.75 Å². The average Bonchev–Trinajstić information content (AvgIpc) is 2.53. The largest absolute Gasteiger partial charge is 0.496 e. The second-order valence-corrected chi connectivity index (χ2v) is 5.45. The molecule has 0 saturated heterocycles. The second kappa shape index (κ2) is 10.1. The van der Waals surface area contributed by atoms with Crippen LogP contribution in [0.3, 0.4) is 0 Å². The van der Waals surface area contributed by atoms with Gasteiger partial charge in [-0.15, -0.1) is 0 Å². The second-order valence-electron chi connectivity index (χ2n) is 5.45. The molecule has 1 atom stereocenters. The highest BCUT2D eigenvalue weighted by Gasteiger charge is 2.18. The lowest BCUT2D eigenvalue weighted by molar-refractivity contribution is 0.287. The zero-order chi connectivity index (χ0) is 16.4. The van der Waals surface area contributed by atoms with Gasteiger partial charge in [0.15, 0.2) is 5.96 Å². The summed E-state index contributed by atoms with van der Waals surface area (Å²) in [5.41, 5.74) is 1.17. The number of nitrogens with one attached hydrogen (secondary N) is 2. The van der Waals surface area contributed by atoms with Crippen molar-refractivity contribution in [1.82, 2.24) is 15.5 Å². The van der Waals surface area contributed by atoms with Gasteiger partial charge in [0.2, 0.25) is 0 Å². The van der Waals surface area contributed by atoms with E-state index in [-0.39, 0.29) is 6.04 Å². The Kier molecular flexibility index (Phi) is 8.36. The highest BCUT2D eigenvalue weighted by atomic mass is 16.5. The third-order valence-electron chi connectivity index (χ3n) is 3.63. The first-order chi connectivity index (χ1) is 10.6. The predicted octanol–water partition coefficient (Wildman–Crippen LogP) is 2.26. The Bertz CT molecular complexity index is 460. The molecule has 1 aromatic rings. The van der Waals surface area contributed by atoms with Crippen molar-refractivity contribution in [2.24, 2.45) is 4.99 Å². The zero-order valence-electron chi connectivity index (χ0n) is 14.5. The van der Waals surface area contributed by atoms with E-state index < -0.39 is 0 Å². The van der Waals surface area contributed by atoms with Gasteiger partial charge in [0.1, 0.15) is 5.75 Å². The molecule has 5 heteroatoms. The Hall–Kier alpha value is -1.75. The molecule has 0 saturated carbocycles. The summed E-state index contributed by atoms with van der Waals surface area (Å²) in [6, 6.07) is 8.36. The van der Waals surface area contributed by atoms with Crippen molar-refractivity contribution in [3.05, 3.63) is 29.8 Å². The van der Waals surface area contributed by atoms with Crippen molar-refractivity contribution in [2.75, 3.05) is 41.3 Å². The summed E-state index contributed by atoms with van der Waals surface area (Å²) in [6.07, 6.45) is 2.32. The number of guanidine groups is 1. The molecule has 22 heavy (non-hydrogen) atoms. The zero-order valence-corrected chi connectivity index (χ0v) is 14.5. The van der Waals surface area contributed by atoms with Crippen LogP contribution in [0.25, 0.3) is 0 Å². The van der Waals surface area contributed by atoms with Gasteiger partial charge >= 0.3 is 0 Å². The Morgan fingerprint density at radius 1 is 1.27 bits per heavy atom. The standard InChI is InChI=1S/C17H30N4O/c1-6-7-12-19-17(18-2)20-13-15(21(3)4)14-10-8-9-11-16(14)22-5/h8-11,15H,6-7,12-13H2,1-5H3,(H2,18,19,20). The Morgan fingerprint density at radius 3 is 2.59 bits per heavy atom. The summed E-state index contributed by atoms with van der Waals surface area (Å²) < 4.78 is 5.49. The normalized spacial score (nSPS) is 13.1. The van der Waals surface area contributed by atoms with Crippen molar-refractivity contribution in [3.63, 3.8) is 0 Å². The van der Waals surface area contributed by atoms with Crippen LogP contribution in [-0.2, 0) is 0 Å². The first-order valence-electron chi connectivity index (χ1n) is 7.87. The number of ether oxygens (including phenoxy) is 1. The lowest BCUT2D eigenvalue weighted by Crippen LogP contribution is -2.42. The highest BCUT2D eigenvalue weighted by molar-refractivity contribution is 5.79. The molecule has 0 fully saturated rings. The number of methoxy groups -OCH3 is 1. The Balaban J connectivity index is 2.72. The molecule has 124 valence electrons. The van der Waals surface area contributed by atoms with Gasteiger partial charge in [-0.25, -0.2) is 0 Å². The monoisotopic (exact) mass is 306 g/mol. The van der Waals surface area contributed by atoms with Crippen molar-refractivity contribution in [2.45, 2.75) is 25.8 Å². The lowest BCUT2D eigenvalue weighted by Gasteiger charge is -2.27. The average molecular weight is 306 g/mol. The number of hydrogen-bond donors (Lipinski definition) is 2. The smallest absolute Gasteiger partial charge is 0.191 e. The lowest BCUT2D eigenvalue weighted by atomic mass is 10.0. The van der Waals surface area contributed by atoms with E-state index in [1.807, 2.05) is 18.2 Å². The molecule has 0 spiro atoms. The van der Waals surface area contributed by atoms with E-state index in [4.69, 9.17) is 4.74 Å². The van der Waals surface area contributed by atoms with E-state index in [1.165, 1.54) is 12.0 Å². The van der Waals surface area contributed by atoms with Gasteiger partial charge in [-0.05, 0) is 26.6 Å². The van der Waals surface area contributed by atoms with E-state index >= 15 is 0 Å². The Labute approximate surface area is 134 Å². The van der Waals surface area contributed by atoms with Gasteiger partial charge in [-0.3, -0.25) is 4.99 Å². The SMILES string of the molecule is CCCCNC(=NC)NCC(c1ccccc1OC)N(C)C. The van der Waals surface area contributed by atoms with Crippen molar-refractivity contribution >= 4 is 5.96 Å². The molecular formula is C17H30N4O. The number of nitrogens with zero attached hydrogens (tertiary/aromatic N) is 2. The number of para-hydroxylation sites is 1. The molecule has 1 unspecified atom stereocenters. The maximum Gasteiger partial charge on any atom is 0.191 e. The van der Waals surface area contributed by atoms with E-state index in [1.54, 1.807) is 14.2 Å². The van der Waals surface area contributed by atoms with Crippen LogP contribution < -0.4 is 15.4 Å². The minimum Gasteiger partial charge on any atom is -0.496 e. The summed E-state index contributed by atoms with van der Waals surface area (Å²) in [7, 11) is 7.66. The van der Waals surface area contributed by atoms with Crippen LogP contribution in [0, 0.1) is 0 Å². The van der Waals surface area contributed by atoms with E-state index in [2.05, 4.69) is 47.6 Å². The Morgan fingerprint density at radius 2 is 2.00 bits per heavy atom. The fourth-order valence-corrected chi connectivity index (χ4v) is 2.31. The summed E-state index contributed by atoms with van der Waals surface area (Å²) >= 11 is 0. The molecule has 0 amide bonds. The minimum atomic E-state index is 0.209. The number of rotatable bonds is 8. The van der Waals surface area contributed by atoms with E-state index in [0.29, 0.717) is 0 Å². The van der Waals surface area contributed by atoms with Crippen molar-refractivity contribution in [1.29, 1.82) is 0 Å². The third-order valence-corrected chi connectivity index (χ3v) is 3.63. The van der Waals surface area contributed by atoms with Crippen LogP contribution in [-0.4, -0.2) is 52.2 Å². The quantitative estimate of drug-likeness (QED) is 0.439. The number of hydrogen-bond acceptors (Lipinski definition) is 3. The van der Waals surface area contributed by atoms with Crippen molar-refractivity contribution < 1.29 is 4.74 Å². The van der Waals surface area contributed by atoms with E-state index in [0.717, 1.165) is 31.2 Å². The molecule has 1 aromatic carbocycles. The summed E-state index contributed by atoms with van der Waals surface area (Å²) in [5.74, 6) is 1.76. The molecule has 0 radical (unpaired) electrons. The van der Waals surface area contributed by atoms with Gasteiger partial charge in [-0.2, -0.15) is 0 Å². The molecule has 2 N–H and O–H groups in total. The van der Waals surface area contributed by atoms with Gasteiger partial charge < -0.3 is 20.3 Å². The first kappa shape index (κ1) is 18.3.